The Bertz CT molecular complexity index is 1190. The van der Waals surface area contributed by atoms with Crippen LogP contribution in [0.3, 0.4) is 0 Å². The third kappa shape index (κ3) is 3.13. The van der Waals surface area contributed by atoms with Crippen LogP contribution in [0.25, 0.3) is 23.0 Å². The summed E-state index contributed by atoms with van der Waals surface area (Å²) >= 11 is 0. The maximum atomic E-state index is 6.15. The summed E-state index contributed by atoms with van der Waals surface area (Å²) in [5, 5.41) is 12.7. The van der Waals surface area contributed by atoms with Crippen molar-refractivity contribution in [3.8, 4) is 23.0 Å². The van der Waals surface area contributed by atoms with Crippen LogP contribution in [0.5, 0.6) is 0 Å². The first kappa shape index (κ1) is 17.8. The van der Waals surface area contributed by atoms with E-state index < -0.39 is 0 Å². The van der Waals surface area contributed by atoms with Crippen LogP contribution >= 0.6 is 0 Å². The molecule has 2 aromatic carbocycles. The van der Waals surface area contributed by atoms with Gasteiger partial charge in [0, 0.05) is 5.56 Å². The van der Waals surface area contributed by atoms with Gasteiger partial charge in [-0.3, -0.25) is 0 Å². The number of fused-ring (bicyclic) bond motifs is 1. The van der Waals surface area contributed by atoms with Gasteiger partial charge in [0.15, 0.2) is 5.69 Å². The van der Waals surface area contributed by atoms with Gasteiger partial charge in [0.25, 0.3) is 5.89 Å². The van der Waals surface area contributed by atoms with Crippen LogP contribution in [0.15, 0.2) is 47.0 Å². The minimum Gasteiger partial charge on any atom is -0.365 e. The molecule has 0 bridgehead atoms. The summed E-state index contributed by atoms with van der Waals surface area (Å²) in [7, 11) is 0. The molecule has 0 spiro atoms. The van der Waals surface area contributed by atoms with E-state index in [1.165, 1.54) is 16.7 Å². The molecule has 3 heterocycles. The lowest BCUT2D eigenvalue weighted by Crippen LogP contribution is -2.22. The second-order valence-corrected chi connectivity index (χ2v) is 7.46. The fourth-order valence-corrected chi connectivity index (χ4v) is 3.81. The number of hydrogen-bond donors (Lipinski definition) is 0. The van der Waals surface area contributed by atoms with E-state index in [1.54, 1.807) is 0 Å². The van der Waals surface area contributed by atoms with Gasteiger partial charge in [0.1, 0.15) is 6.10 Å². The Morgan fingerprint density at radius 2 is 1.90 bits per heavy atom. The van der Waals surface area contributed by atoms with Crippen molar-refractivity contribution in [1.29, 1.82) is 0 Å². The van der Waals surface area contributed by atoms with Crippen molar-refractivity contribution in [2.24, 2.45) is 0 Å². The number of rotatable bonds is 3. The van der Waals surface area contributed by atoms with Crippen molar-refractivity contribution in [3.05, 3.63) is 70.4 Å². The first-order valence-corrected chi connectivity index (χ1v) is 9.61. The minimum atomic E-state index is -0.0529. The average Bonchev–Trinajstić information content (AvgIpc) is 3.34. The van der Waals surface area contributed by atoms with Crippen LogP contribution in [0.4, 0.5) is 0 Å². The topological polar surface area (TPSA) is 78.9 Å². The van der Waals surface area contributed by atoms with Gasteiger partial charge in [0.05, 0.1) is 18.8 Å². The second kappa shape index (κ2) is 6.93. The maximum Gasteiger partial charge on any atom is 0.280 e. The number of nitrogens with zero attached hydrogens (tertiary/aromatic N) is 5. The van der Waals surface area contributed by atoms with E-state index in [-0.39, 0.29) is 6.10 Å². The van der Waals surface area contributed by atoms with E-state index in [4.69, 9.17) is 9.26 Å². The Morgan fingerprint density at radius 3 is 2.72 bits per heavy atom. The molecular formula is C22H21N5O2. The highest BCUT2D eigenvalue weighted by Crippen LogP contribution is 2.32. The molecule has 4 aromatic rings. The molecule has 1 atom stereocenters. The molecule has 0 saturated heterocycles. The van der Waals surface area contributed by atoms with Gasteiger partial charge in [-0.25, -0.2) is 4.68 Å². The summed E-state index contributed by atoms with van der Waals surface area (Å²) in [4.78, 5) is 4.54. The van der Waals surface area contributed by atoms with Crippen molar-refractivity contribution in [2.45, 2.75) is 40.0 Å². The highest BCUT2D eigenvalue weighted by atomic mass is 16.5. The van der Waals surface area contributed by atoms with Gasteiger partial charge in [-0.15, -0.1) is 5.10 Å². The maximum absolute atomic E-state index is 6.15. The normalized spacial score (nSPS) is 16.0. The van der Waals surface area contributed by atoms with Crippen LogP contribution in [0.2, 0.25) is 0 Å². The minimum absolute atomic E-state index is 0.0529. The molecule has 146 valence electrons. The Kier molecular flexibility index (Phi) is 4.24. The standard InChI is InChI=1S/C22H21N5O2/c1-13-8-9-16(15(3)10-13)19-11-27-18(12-28-19)20(24-26-27)22-23-21(25-29-22)17-7-5-4-6-14(17)2/h4-10,19H,11-12H2,1-3H3. The fraction of sp³-hybridized carbons (Fsp3) is 0.273. The SMILES string of the molecule is Cc1ccc(C2Cn3nnc(-c4nc(-c5ccccc5C)no4)c3CO2)c(C)c1. The van der Waals surface area contributed by atoms with Crippen molar-refractivity contribution in [3.63, 3.8) is 0 Å². The third-order valence-electron chi connectivity index (χ3n) is 5.38. The number of benzene rings is 2. The molecule has 0 N–H and O–H groups in total. The van der Waals surface area contributed by atoms with E-state index in [9.17, 15) is 0 Å². The van der Waals surface area contributed by atoms with Crippen LogP contribution < -0.4 is 0 Å². The Labute approximate surface area is 168 Å². The summed E-state index contributed by atoms with van der Waals surface area (Å²) in [5.74, 6) is 0.905. The molecule has 0 radical (unpaired) electrons. The van der Waals surface area contributed by atoms with Gasteiger partial charge in [-0.1, -0.05) is 58.4 Å². The van der Waals surface area contributed by atoms with Crippen LogP contribution in [-0.4, -0.2) is 25.1 Å². The molecular weight excluding hydrogens is 366 g/mol. The van der Waals surface area contributed by atoms with E-state index >= 15 is 0 Å². The van der Waals surface area contributed by atoms with Crippen molar-refractivity contribution in [2.75, 3.05) is 0 Å². The molecule has 2 aromatic heterocycles. The summed E-state index contributed by atoms with van der Waals surface area (Å²) in [6.45, 7) is 7.22. The summed E-state index contributed by atoms with van der Waals surface area (Å²) in [6, 6.07) is 14.4. The monoisotopic (exact) mass is 387 g/mol. The van der Waals surface area contributed by atoms with Crippen LogP contribution in [0.1, 0.15) is 34.1 Å². The number of aromatic nitrogens is 5. The Hall–Kier alpha value is -3.32. The molecule has 0 saturated carbocycles. The molecule has 29 heavy (non-hydrogen) atoms. The second-order valence-electron chi connectivity index (χ2n) is 7.46. The number of aryl methyl sites for hydroxylation is 3. The lowest BCUT2D eigenvalue weighted by molar-refractivity contribution is -0.00153. The van der Waals surface area contributed by atoms with E-state index in [2.05, 4.69) is 52.5 Å². The predicted molar refractivity (Wildman–Crippen MR) is 107 cm³/mol. The molecule has 5 rings (SSSR count). The van der Waals surface area contributed by atoms with Gasteiger partial charge < -0.3 is 9.26 Å². The van der Waals surface area contributed by atoms with E-state index in [1.807, 2.05) is 35.9 Å². The van der Waals surface area contributed by atoms with Gasteiger partial charge in [-0.2, -0.15) is 4.98 Å². The lowest BCUT2D eigenvalue weighted by atomic mass is 10.0. The lowest BCUT2D eigenvalue weighted by Gasteiger charge is -2.25. The smallest absolute Gasteiger partial charge is 0.280 e. The average molecular weight is 387 g/mol. The van der Waals surface area contributed by atoms with E-state index in [0.29, 0.717) is 30.6 Å². The van der Waals surface area contributed by atoms with Crippen molar-refractivity contribution < 1.29 is 9.26 Å². The largest absolute Gasteiger partial charge is 0.365 e. The highest BCUT2D eigenvalue weighted by Gasteiger charge is 2.28. The molecule has 1 aliphatic rings. The molecule has 0 aliphatic carbocycles. The van der Waals surface area contributed by atoms with Crippen molar-refractivity contribution in [1.82, 2.24) is 25.1 Å². The molecule has 1 unspecified atom stereocenters. The molecule has 0 amide bonds. The highest BCUT2D eigenvalue weighted by molar-refractivity contribution is 5.62. The summed E-state index contributed by atoms with van der Waals surface area (Å²) in [6.07, 6.45) is -0.0529. The zero-order valence-electron chi connectivity index (χ0n) is 16.6. The molecule has 7 heteroatoms. The quantitative estimate of drug-likeness (QED) is 0.524. The van der Waals surface area contributed by atoms with Crippen LogP contribution in [-0.2, 0) is 17.9 Å². The fourth-order valence-electron chi connectivity index (χ4n) is 3.81. The first-order valence-electron chi connectivity index (χ1n) is 9.61. The first-order chi connectivity index (χ1) is 14.1. The molecule has 0 fully saturated rings. The summed E-state index contributed by atoms with van der Waals surface area (Å²) < 4.78 is 13.5. The number of ether oxygens (including phenoxy) is 1. The number of hydrogen-bond acceptors (Lipinski definition) is 6. The Balaban J connectivity index is 1.43. The van der Waals surface area contributed by atoms with Gasteiger partial charge >= 0.3 is 0 Å². The third-order valence-corrected chi connectivity index (χ3v) is 5.38. The molecule has 7 nitrogen and oxygen atoms in total. The van der Waals surface area contributed by atoms with Crippen molar-refractivity contribution >= 4 is 0 Å². The zero-order valence-corrected chi connectivity index (χ0v) is 16.6. The molecule has 1 aliphatic heterocycles. The van der Waals surface area contributed by atoms with Gasteiger partial charge in [-0.05, 0) is 37.5 Å². The van der Waals surface area contributed by atoms with E-state index in [0.717, 1.165) is 16.8 Å². The van der Waals surface area contributed by atoms with Crippen LogP contribution in [0, 0.1) is 20.8 Å². The predicted octanol–water partition coefficient (Wildman–Crippen LogP) is 4.19. The van der Waals surface area contributed by atoms with Gasteiger partial charge in [0.2, 0.25) is 5.82 Å². The Morgan fingerprint density at radius 1 is 1.03 bits per heavy atom. The zero-order chi connectivity index (χ0) is 20.0. The summed E-state index contributed by atoms with van der Waals surface area (Å²) in [5.41, 5.74) is 7.10.